The average molecular weight is 305 g/mol. The lowest BCUT2D eigenvalue weighted by molar-refractivity contribution is -0.148. The molecule has 2 aliphatic rings. The first-order valence-electron chi connectivity index (χ1n) is 7.72. The van der Waals surface area contributed by atoms with Crippen LogP contribution in [0, 0.1) is 5.92 Å². The van der Waals surface area contributed by atoms with E-state index >= 15 is 0 Å². The number of ether oxygens (including phenoxy) is 1. The number of carbonyl (C=O) groups is 1. The zero-order valence-corrected chi connectivity index (χ0v) is 13.3. The van der Waals surface area contributed by atoms with Gasteiger partial charge in [-0.05, 0) is 37.2 Å². The second-order valence-electron chi connectivity index (χ2n) is 6.13. The van der Waals surface area contributed by atoms with Gasteiger partial charge in [-0.15, -0.1) is 0 Å². The summed E-state index contributed by atoms with van der Waals surface area (Å²) in [7, 11) is 1.51. The standard InChI is InChI=1S/C17H23NO2S/c1-20-16(19)17(14-7-8-14,18-15-9-10-15)12-21-11-13-5-3-2-4-6-13/h2-6,14-15,18H,7-12H2,1H3. The van der Waals surface area contributed by atoms with Crippen LogP contribution >= 0.6 is 11.8 Å². The zero-order valence-electron chi connectivity index (χ0n) is 12.5. The van der Waals surface area contributed by atoms with Crippen LogP contribution in [0.2, 0.25) is 0 Å². The molecule has 1 unspecified atom stereocenters. The third kappa shape index (κ3) is 3.61. The predicted molar refractivity (Wildman–Crippen MR) is 86.2 cm³/mol. The van der Waals surface area contributed by atoms with E-state index in [0.717, 1.165) is 24.3 Å². The maximum atomic E-state index is 12.4. The Morgan fingerprint density at radius 3 is 2.57 bits per heavy atom. The summed E-state index contributed by atoms with van der Waals surface area (Å²) >= 11 is 1.83. The van der Waals surface area contributed by atoms with Gasteiger partial charge in [-0.3, -0.25) is 10.1 Å². The number of esters is 1. The van der Waals surface area contributed by atoms with Crippen molar-refractivity contribution in [2.45, 2.75) is 43.0 Å². The molecule has 0 spiro atoms. The van der Waals surface area contributed by atoms with Crippen LogP contribution in [-0.2, 0) is 15.3 Å². The van der Waals surface area contributed by atoms with Gasteiger partial charge in [-0.1, -0.05) is 30.3 Å². The number of benzene rings is 1. The number of nitrogens with one attached hydrogen (secondary N) is 1. The van der Waals surface area contributed by atoms with Crippen molar-refractivity contribution in [3.63, 3.8) is 0 Å². The normalized spacial score (nSPS) is 20.8. The molecule has 2 aliphatic carbocycles. The molecule has 0 aromatic heterocycles. The van der Waals surface area contributed by atoms with Crippen LogP contribution in [0.1, 0.15) is 31.2 Å². The molecular formula is C17H23NO2S. The van der Waals surface area contributed by atoms with E-state index in [1.807, 2.05) is 17.8 Å². The fourth-order valence-corrected chi connectivity index (χ4v) is 4.11. The molecule has 1 aromatic rings. The first-order valence-corrected chi connectivity index (χ1v) is 8.88. The Morgan fingerprint density at radius 1 is 1.29 bits per heavy atom. The Labute approximate surface area is 130 Å². The van der Waals surface area contributed by atoms with E-state index in [1.54, 1.807) is 0 Å². The van der Waals surface area contributed by atoms with Crippen molar-refractivity contribution >= 4 is 17.7 Å². The Morgan fingerprint density at radius 2 is 2.00 bits per heavy atom. The van der Waals surface area contributed by atoms with E-state index in [9.17, 15) is 4.79 Å². The maximum Gasteiger partial charge on any atom is 0.327 e. The summed E-state index contributed by atoms with van der Waals surface area (Å²) in [5.41, 5.74) is 0.846. The van der Waals surface area contributed by atoms with Gasteiger partial charge in [0.2, 0.25) is 0 Å². The minimum absolute atomic E-state index is 0.0718. The van der Waals surface area contributed by atoms with Crippen molar-refractivity contribution in [3.8, 4) is 0 Å². The second-order valence-corrected chi connectivity index (χ2v) is 7.12. The lowest BCUT2D eigenvalue weighted by Gasteiger charge is -2.32. The monoisotopic (exact) mass is 305 g/mol. The molecule has 114 valence electrons. The van der Waals surface area contributed by atoms with Gasteiger partial charge in [0.25, 0.3) is 0 Å². The van der Waals surface area contributed by atoms with Crippen molar-refractivity contribution in [2.75, 3.05) is 12.9 Å². The minimum atomic E-state index is -0.463. The summed E-state index contributed by atoms with van der Waals surface area (Å²) in [5.74, 6) is 2.13. The molecule has 0 aliphatic heterocycles. The topological polar surface area (TPSA) is 38.3 Å². The Hall–Kier alpha value is -1.00. The third-order valence-electron chi connectivity index (χ3n) is 4.30. The van der Waals surface area contributed by atoms with E-state index in [-0.39, 0.29) is 5.97 Å². The number of carbonyl (C=O) groups excluding carboxylic acids is 1. The van der Waals surface area contributed by atoms with Crippen molar-refractivity contribution in [3.05, 3.63) is 35.9 Å². The summed E-state index contributed by atoms with van der Waals surface area (Å²) in [5, 5.41) is 3.61. The van der Waals surface area contributed by atoms with Crippen molar-refractivity contribution in [1.29, 1.82) is 0 Å². The highest BCUT2D eigenvalue weighted by Gasteiger charge is 2.53. The van der Waals surface area contributed by atoms with E-state index in [0.29, 0.717) is 12.0 Å². The van der Waals surface area contributed by atoms with Crippen molar-refractivity contribution in [2.24, 2.45) is 5.92 Å². The van der Waals surface area contributed by atoms with Crippen LogP contribution in [-0.4, -0.2) is 30.4 Å². The summed E-state index contributed by atoms with van der Waals surface area (Å²) in [6, 6.07) is 10.9. The Bertz CT molecular complexity index is 485. The summed E-state index contributed by atoms with van der Waals surface area (Å²) in [4.78, 5) is 12.4. The van der Waals surface area contributed by atoms with Gasteiger partial charge in [0.15, 0.2) is 0 Å². The number of hydrogen-bond acceptors (Lipinski definition) is 4. The predicted octanol–water partition coefficient (Wildman–Crippen LogP) is 2.99. The molecule has 2 saturated carbocycles. The molecule has 0 heterocycles. The largest absolute Gasteiger partial charge is 0.468 e. The third-order valence-corrected chi connectivity index (χ3v) is 5.50. The highest BCUT2D eigenvalue weighted by Crippen LogP contribution is 2.44. The smallest absolute Gasteiger partial charge is 0.327 e. The molecule has 3 nitrogen and oxygen atoms in total. The summed E-state index contributed by atoms with van der Waals surface area (Å²) in [6.07, 6.45) is 4.66. The SMILES string of the molecule is COC(=O)C(CSCc1ccccc1)(NC1CC1)C1CC1. The van der Waals surface area contributed by atoms with E-state index < -0.39 is 5.54 Å². The number of rotatable bonds is 8. The van der Waals surface area contributed by atoms with E-state index in [1.165, 1.54) is 25.5 Å². The van der Waals surface area contributed by atoms with Crippen LogP contribution in [0.4, 0.5) is 0 Å². The van der Waals surface area contributed by atoms with Gasteiger partial charge in [-0.25, -0.2) is 0 Å². The van der Waals surface area contributed by atoms with Crippen molar-refractivity contribution in [1.82, 2.24) is 5.32 Å². The summed E-state index contributed by atoms with van der Waals surface area (Å²) in [6.45, 7) is 0. The van der Waals surface area contributed by atoms with Crippen LogP contribution in [0.5, 0.6) is 0 Å². The van der Waals surface area contributed by atoms with Gasteiger partial charge in [0, 0.05) is 17.5 Å². The van der Waals surface area contributed by atoms with E-state index in [2.05, 4.69) is 29.6 Å². The first-order chi connectivity index (χ1) is 10.2. The fraction of sp³-hybridized carbons (Fsp3) is 0.588. The molecule has 0 radical (unpaired) electrons. The van der Waals surface area contributed by atoms with Gasteiger partial charge in [0.05, 0.1) is 7.11 Å². The van der Waals surface area contributed by atoms with Gasteiger partial charge in [-0.2, -0.15) is 11.8 Å². The average Bonchev–Trinajstić information content (AvgIpc) is 3.39. The quantitative estimate of drug-likeness (QED) is 0.749. The molecule has 0 amide bonds. The van der Waals surface area contributed by atoms with Crippen molar-refractivity contribution < 1.29 is 9.53 Å². The fourth-order valence-electron chi connectivity index (χ4n) is 2.82. The molecule has 0 saturated heterocycles. The highest BCUT2D eigenvalue weighted by atomic mass is 32.2. The first kappa shape index (κ1) is 14.9. The van der Waals surface area contributed by atoms with Crippen LogP contribution < -0.4 is 5.32 Å². The summed E-state index contributed by atoms with van der Waals surface area (Å²) < 4.78 is 5.13. The molecule has 1 atom stereocenters. The molecule has 1 N–H and O–H groups in total. The lowest BCUT2D eigenvalue weighted by atomic mass is 9.95. The zero-order chi connectivity index (χ0) is 14.7. The van der Waals surface area contributed by atoms with E-state index in [4.69, 9.17) is 4.74 Å². The van der Waals surface area contributed by atoms with Gasteiger partial charge < -0.3 is 4.74 Å². The lowest BCUT2D eigenvalue weighted by Crippen LogP contribution is -2.57. The van der Waals surface area contributed by atoms with Crippen LogP contribution in [0.15, 0.2) is 30.3 Å². The van der Waals surface area contributed by atoms with Crippen LogP contribution in [0.3, 0.4) is 0 Å². The second kappa shape index (κ2) is 6.41. The van der Waals surface area contributed by atoms with Crippen LogP contribution in [0.25, 0.3) is 0 Å². The van der Waals surface area contributed by atoms with Gasteiger partial charge >= 0.3 is 5.97 Å². The minimum Gasteiger partial charge on any atom is -0.468 e. The number of methoxy groups -OCH3 is 1. The molecule has 2 fully saturated rings. The Balaban J connectivity index is 1.64. The maximum absolute atomic E-state index is 12.4. The number of hydrogen-bond donors (Lipinski definition) is 1. The Kier molecular flexibility index (Phi) is 4.55. The number of thioether (sulfide) groups is 1. The molecule has 21 heavy (non-hydrogen) atoms. The van der Waals surface area contributed by atoms with Gasteiger partial charge in [0.1, 0.15) is 5.54 Å². The molecule has 3 rings (SSSR count). The molecule has 4 heteroatoms. The highest BCUT2D eigenvalue weighted by molar-refractivity contribution is 7.98. The molecular weight excluding hydrogens is 282 g/mol. The molecule has 0 bridgehead atoms. The molecule has 1 aromatic carbocycles.